The van der Waals surface area contributed by atoms with Crippen LogP contribution >= 0.6 is 0 Å². The smallest absolute Gasteiger partial charge is 0.309 e. The predicted molar refractivity (Wildman–Crippen MR) is 51.2 cm³/mol. The largest absolute Gasteiger partial charge is 0.481 e. The fraction of sp³-hybridized carbons (Fsp3) is 0.556. The second kappa shape index (κ2) is 3.32. The number of aryl methyl sites for hydroxylation is 1. The van der Waals surface area contributed by atoms with Crippen LogP contribution in [0, 0.1) is 0 Å². The zero-order chi connectivity index (χ0) is 10.1. The summed E-state index contributed by atoms with van der Waals surface area (Å²) in [6.07, 6.45) is 2.37. The van der Waals surface area contributed by atoms with E-state index in [1.165, 1.54) is 12.8 Å². The highest BCUT2D eigenvalue weighted by Crippen LogP contribution is 2.24. The van der Waals surface area contributed by atoms with E-state index in [-0.39, 0.29) is 6.42 Å². The molecule has 0 aromatic carbocycles. The Labute approximate surface area is 81.7 Å². The third-order valence-corrected chi connectivity index (χ3v) is 2.19. The van der Waals surface area contributed by atoms with E-state index in [2.05, 4.69) is 10.4 Å². The average Bonchev–Trinajstić information content (AvgIpc) is 2.79. The molecule has 76 valence electrons. The molecular weight excluding hydrogens is 182 g/mol. The van der Waals surface area contributed by atoms with Crippen molar-refractivity contribution in [1.82, 2.24) is 9.78 Å². The topological polar surface area (TPSA) is 67.2 Å². The standard InChI is InChI=1S/C9H13N3O2/c1-12-8(10-6-2-3-6)4-7(11-12)5-9(13)14/h4,6,10H,2-3,5H2,1H3,(H,13,14). The monoisotopic (exact) mass is 195 g/mol. The van der Waals surface area contributed by atoms with Crippen molar-refractivity contribution in [3.8, 4) is 0 Å². The number of carbonyl (C=O) groups is 1. The van der Waals surface area contributed by atoms with Crippen molar-refractivity contribution in [3.05, 3.63) is 11.8 Å². The SMILES string of the molecule is Cn1nc(CC(=O)O)cc1NC1CC1. The summed E-state index contributed by atoms with van der Waals surface area (Å²) in [7, 11) is 1.82. The van der Waals surface area contributed by atoms with Crippen LogP contribution in [0.2, 0.25) is 0 Å². The summed E-state index contributed by atoms with van der Waals surface area (Å²) in [5.74, 6) is 0.0600. The van der Waals surface area contributed by atoms with Crippen LogP contribution in [-0.4, -0.2) is 26.9 Å². The number of hydrogen-bond acceptors (Lipinski definition) is 3. The Morgan fingerprint density at radius 3 is 3.07 bits per heavy atom. The molecule has 0 radical (unpaired) electrons. The van der Waals surface area contributed by atoms with Crippen LogP contribution < -0.4 is 5.32 Å². The Balaban J connectivity index is 2.07. The molecular formula is C9H13N3O2. The lowest BCUT2D eigenvalue weighted by Crippen LogP contribution is -2.06. The Bertz CT molecular complexity index is 355. The van der Waals surface area contributed by atoms with Crippen molar-refractivity contribution in [2.45, 2.75) is 25.3 Å². The van der Waals surface area contributed by atoms with Gasteiger partial charge in [0, 0.05) is 19.2 Å². The summed E-state index contributed by atoms with van der Waals surface area (Å²) in [5, 5.41) is 16.0. The summed E-state index contributed by atoms with van der Waals surface area (Å²) >= 11 is 0. The molecule has 1 heterocycles. The van der Waals surface area contributed by atoms with E-state index >= 15 is 0 Å². The van der Waals surface area contributed by atoms with Gasteiger partial charge in [-0.15, -0.1) is 0 Å². The van der Waals surface area contributed by atoms with Crippen LogP contribution in [-0.2, 0) is 18.3 Å². The van der Waals surface area contributed by atoms with Gasteiger partial charge in [-0.2, -0.15) is 5.10 Å². The van der Waals surface area contributed by atoms with Crippen molar-refractivity contribution in [2.75, 3.05) is 5.32 Å². The van der Waals surface area contributed by atoms with E-state index in [9.17, 15) is 4.79 Å². The average molecular weight is 195 g/mol. The zero-order valence-corrected chi connectivity index (χ0v) is 8.03. The quantitative estimate of drug-likeness (QED) is 0.739. The minimum atomic E-state index is -0.846. The first-order valence-electron chi connectivity index (χ1n) is 4.66. The number of hydrogen-bond donors (Lipinski definition) is 2. The summed E-state index contributed by atoms with van der Waals surface area (Å²) in [6, 6.07) is 2.36. The first-order chi connectivity index (χ1) is 6.65. The molecule has 1 saturated carbocycles. The summed E-state index contributed by atoms with van der Waals surface area (Å²) in [6.45, 7) is 0. The van der Waals surface area contributed by atoms with Gasteiger partial charge >= 0.3 is 5.97 Å². The molecule has 1 aliphatic carbocycles. The first kappa shape index (κ1) is 9.05. The van der Waals surface area contributed by atoms with Crippen molar-refractivity contribution in [3.63, 3.8) is 0 Å². The molecule has 1 fully saturated rings. The lowest BCUT2D eigenvalue weighted by molar-refractivity contribution is -0.136. The number of nitrogens with one attached hydrogen (secondary N) is 1. The van der Waals surface area contributed by atoms with Gasteiger partial charge in [-0.25, -0.2) is 0 Å². The molecule has 2 N–H and O–H groups in total. The van der Waals surface area contributed by atoms with Crippen molar-refractivity contribution < 1.29 is 9.90 Å². The van der Waals surface area contributed by atoms with Crippen LogP contribution in [0.4, 0.5) is 5.82 Å². The highest BCUT2D eigenvalue weighted by Gasteiger charge is 2.22. The molecule has 0 atom stereocenters. The fourth-order valence-electron chi connectivity index (χ4n) is 1.34. The second-order valence-electron chi connectivity index (χ2n) is 3.63. The van der Waals surface area contributed by atoms with Crippen molar-refractivity contribution in [2.24, 2.45) is 7.05 Å². The number of carboxylic acid groups (broad SMARTS) is 1. The van der Waals surface area contributed by atoms with Gasteiger partial charge in [0.1, 0.15) is 5.82 Å². The molecule has 5 heteroatoms. The third-order valence-electron chi connectivity index (χ3n) is 2.19. The van der Waals surface area contributed by atoms with Crippen LogP contribution in [0.15, 0.2) is 6.07 Å². The summed E-state index contributed by atoms with van der Waals surface area (Å²) in [4.78, 5) is 10.5. The molecule has 0 aliphatic heterocycles. The molecule has 0 amide bonds. The lowest BCUT2D eigenvalue weighted by atomic mass is 10.3. The molecule has 0 saturated heterocycles. The minimum Gasteiger partial charge on any atom is -0.481 e. The van der Waals surface area contributed by atoms with Gasteiger partial charge in [0.2, 0.25) is 0 Å². The van der Waals surface area contributed by atoms with E-state index in [4.69, 9.17) is 5.11 Å². The summed E-state index contributed by atoms with van der Waals surface area (Å²) < 4.78 is 1.69. The number of rotatable bonds is 4. The van der Waals surface area contributed by atoms with Gasteiger partial charge in [-0.05, 0) is 12.8 Å². The van der Waals surface area contributed by atoms with Gasteiger partial charge < -0.3 is 10.4 Å². The van der Waals surface area contributed by atoms with E-state index in [1.54, 1.807) is 10.7 Å². The van der Waals surface area contributed by atoms with E-state index in [0.29, 0.717) is 11.7 Å². The minimum absolute atomic E-state index is 0.0137. The molecule has 0 unspecified atom stereocenters. The van der Waals surface area contributed by atoms with E-state index < -0.39 is 5.97 Å². The van der Waals surface area contributed by atoms with Crippen LogP contribution in [0.1, 0.15) is 18.5 Å². The normalized spacial score (nSPS) is 15.5. The third kappa shape index (κ3) is 2.04. The lowest BCUT2D eigenvalue weighted by Gasteiger charge is -2.02. The Morgan fingerprint density at radius 2 is 2.50 bits per heavy atom. The highest BCUT2D eigenvalue weighted by molar-refractivity contribution is 5.69. The molecule has 14 heavy (non-hydrogen) atoms. The van der Waals surface area contributed by atoms with E-state index in [0.717, 1.165) is 5.82 Å². The van der Waals surface area contributed by atoms with Crippen molar-refractivity contribution >= 4 is 11.8 Å². The number of anilines is 1. The molecule has 0 bridgehead atoms. The van der Waals surface area contributed by atoms with Crippen LogP contribution in [0.25, 0.3) is 0 Å². The Morgan fingerprint density at radius 1 is 1.79 bits per heavy atom. The highest BCUT2D eigenvalue weighted by atomic mass is 16.4. The number of carboxylic acids is 1. The van der Waals surface area contributed by atoms with Gasteiger partial charge in [-0.3, -0.25) is 9.48 Å². The maximum absolute atomic E-state index is 10.5. The Kier molecular flexibility index (Phi) is 2.15. The van der Waals surface area contributed by atoms with Gasteiger partial charge in [0.05, 0.1) is 12.1 Å². The van der Waals surface area contributed by atoms with Gasteiger partial charge in [0.15, 0.2) is 0 Å². The second-order valence-corrected chi connectivity index (χ2v) is 3.63. The van der Waals surface area contributed by atoms with Gasteiger partial charge in [0.25, 0.3) is 0 Å². The molecule has 1 aromatic rings. The summed E-state index contributed by atoms with van der Waals surface area (Å²) in [5.41, 5.74) is 0.600. The molecule has 1 aliphatic rings. The van der Waals surface area contributed by atoms with E-state index in [1.807, 2.05) is 7.05 Å². The molecule has 0 spiro atoms. The van der Waals surface area contributed by atoms with Crippen molar-refractivity contribution in [1.29, 1.82) is 0 Å². The van der Waals surface area contributed by atoms with Gasteiger partial charge in [-0.1, -0.05) is 0 Å². The molecule has 5 nitrogen and oxygen atoms in total. The predicted octanol–water partition coefficient (Wildman–Crippen LogP) is 0.621. The number of aromatic nitrogens is 2. The van der Waals surface area contributed by atoms with Crippen LogP contribution in [0.5, 0.6) is 0 Å². The Hall–Kier alpha value is -1.52. The molecule has 1 aromatic heterocycles. The maximum Gasteiger partial charge on any atom is 0.309 e. The first-order valence-corrected chi connectivity index (χ1v) is 4.66. The number of nitrogens with zero attached hydrogens (tertiary/aromatic N) is 2. The number of aliphatic carboxylic acids is 1. The fourth-order valence-corrected chi connectivity index (χ4v) is 1.34. The zero-order valence-electron chi connectivity index (χ0n) is 8.03. The maximum atomic E-state index is 10.5. The molecule has 2 rings (SSSR count). The van der Waals surface area contributed by atoms with Crippen LogP contribution in [0.3, 0.4) is 0 Å².